The molecule has 0 radical (unpaired) electrons. The van der Waals surface area contributed by atoms with Crippen LogP contribution in [0, 0.1) is 11.6 Å². The van der Waals surface area contributed by atoms with Gasteiger partial charge in [-0.2, -0.15) is 0 Å². The van der Waals surface area contributed by atoms with Crippen molar-refractivity contribution < 1.29 is 41.8 Å². The number of halogens is 2. The van der Waals surface area contributed by atoms with E-state index in [-0.39, 0.29) is 40.6 Å². The molecule has 1 aliphatic heterocycles. The first-order valence-corrected chi connectivity index (χ1v) is 9.75. The molecule has 174 valence electrons. The van der Waals surface area contributed by atoms with Gasteiger partial charge < -0.3 is 23.5 Å². The summed E-state index contributed by atoms with van der Waals surface area (Å²) in [5.74, 6) is -2.56. The van der Waals surface area contributed by atoms with Crippen molar-refractivity contribution in [1.82, 2.24) is 10.1 Å². The van der Waals surface area contributed by atoms with Crippen molar-refractivity contribution in [2.45, 2.75) is 6.61 Å². The third-order valence-corrected chi connectivity index (χ3v) is 4.38. The smallest absolute Gasteiger partial charge is 0.339 e. The highest BCUT2D eigenvalue weighted by Crippen LogP contribution is 2.27. The molecule has 0 spiro atoms. The van der Waals surface area contributed by atoms with E-state index in [0.29, 0.717) is 6.29 Å². The average Bonchev–Trinajstić information content (AvgIpc) is 3.28. The molecule has 2 aromatic heterocycles. The number of nitrogens with zero attached hydrogens (tertiary/aromatic N) is 2. The fourth-order valence-electron chi connectivity index (χ4n) is 2.71. The van der Waals surface area contributed by atoms with Crippen LogP contribution < -0.4 is 4.74 Å². The number of hydrogen-bond acceptors (Lipinski definition) is 9. The number of benzene rings is 1. The van der Waals surface area contributed by atoms with Gasteiger partial charge in [0.2, 0.25) is 11.6 Å². The van der Waals surface area contributed by atoms with Crippen LogP contribution in [-0.4, -0.2) is 55.9 Å². The van der Waals surface area contributed by atoms with Gasteiger partial charge in [0.15, 0.2) is 17.9 Å². The van der Waals surface area contributed by atoms with Crippen LogP contribution in [0.4, 0.5) is 8.78 Å². The molecule has 0 saturated carbocycles. The van der Waals surface area contributed by atoms with E-state index in [1.165, 1.54) is 31.5 Å². The van der Waals surface area contributed by atoms with Crippen LogP contribution >= 0.6 is 0 Å². The number of hydrogen-bond donors (Lipinski definition) is 0. The van der Waals surface area contributed by atoms with Gasteiger partial charge in [-0.15, -0.1) is 0 Å². The highest BCUT2D eigenvalue weighted by molar-refractivity contribution is 5.88. The standard InChI is InChI=1S/C18H12F2N2O5.C4H8O2/c1-25-18(24)11-3-5-16(21-7-11)26-9-12-15(8-23)27-22-17(12)10-2-4-13(19)14(20)6-10;1-2-6-4-3-5-1/h2-8H,9H2,1H3;1-4H2. The Morgan fingerprint density at radius 3 is 2.36 bits per heavy atom. The Morgan fingerprint density at radius 1 is 1.09 bits per heavy atom. The van der Waals surface area contributed by atoms with Gasteiger partial charge in [-0.25, -0.2) is 18.6 Å². The topological polar surface area (TPSA) is 110 Å². The number of methoxy groups -OCH3 is 1. The Bertz CT molecular complexity index is 1070. The summed E-state index contributed by atoms with van der Waals surface area (Å²) in [4.78, 5) is 26.5. The zero-order chi connectivity index (χ0) is 23.6. The predicted molar refractivity (Wildman–Crippen MR) is 109 cm³/mol. The Balaban J connectivity index is 0.000000442. The molecule has 0 N–H and O–H groups in total. The van der Waals surface area contributed by atoms with Gasteiger partial charge in [-0.3, -0.25) is 4.79 Å². The zero-order valence-electron chi connectivity index (χ0n) is 17.6. The minimum atomic E-state index is -1.06. The second-order valence-corrected chi connectivity index (χ2v) is 6.51. The lowest BCUT2D eigenvalue weighted by molar-refractivity contribution is -0.0334. The normalized spacial score (nSPS) is 12.9. The first-order valence-electron chi connectivity index (χ1n) is 9.75. The quantitative estimate of drug-likeness (QED) is 0.403. The third-order valence-electron chi connectivity index (χ3n) is 4.38. The SMILES string of the molecule is C1COCCO1.COC(=O)c1ccc(OCc2c(-c3ccc(F)c(F)c3)noc2C=O)nc1. The van der Waals surface area contributed by atoms with Crippen molar-refractivity contribution in [2.75, 3.05) is 33.5 Å². The Hall–Kier alpha value is -3.70. The fraction of sp³-hybridized carbons (Fsp3) is 0.273. The second kappa shape index (κ2) is 11.8. The number of carbonyl (C=O) groups excluding carboxylic acids is 2. The Morgan fingerprint density at radius 2 is 1.82 bits per heavy atom. The summed E-state index contributed by atoms with van der Waals surface area (Å²) in [6.07, 6.45) is 1.70. The first-order chi connectivity index (χ1) is 16.0. The van der Waals surface area contributed by atoms with E-state index in [0.717, 1.165) is 38.6 Å². The predicted octanol–water partition coefficient (Wildman–Crippen LogP) is 3.23. The van der Waals surface area contributed by atoms with Gasteiger partial charge in [-0.05, 0) is 24.3 Å². The van der Waals surface area contributed by atoms with Crippen LogP contribution in [-0.2, 0) is 20.8 Å². The molecule has 1 fully saturated rings. The molecule has 0 bridgehead atoms. The molecule has 11 heteroatoms. The first kappa shape index (κ1) is 24.0. The minimum Gasteiger partial charge on any atom is -0.473 e. The van der Waals surface area contributed by atoms with E-state index in [2.05, 4.69) is 14.9 Å². The molecule has 33 heavy (non-hydrogen) atoms. The lowest BCUT2D eigenvalue weighted by atomic mass is 10.1. The van der Waals surface area contributed by atoms with Crippen molar-refractivity contribution in [3.8, 4) is 17.1 Å². The summed E-state index contributed by atoms with van der Waals surface area (Å²) < 4.78 is 51.5. The van der Waals surface area contributed by atoms with Crippen LogP contribution in [0.3, 0.4) is 0 Å². The zero-order valence-corrected chi connectivity index (χ0v) is 17.6. The molecule has 1 aliphatic rings. The van der Waals surface area contributed by atoms with E-state index in [1.54, 1.807) is 0 Å². The summed E-state index contributed by atoms with van der Waals surface area (Å²) >= 11 is 0. The molecule has 4 rings (SSSR count). The van der Waals surface area contributed by atoms with Crippen molar-refractivity contribution in [3.63, 3.8) is 0 Å². The Labute approximate surface area is 187 Å². The number of pyridine rings is 1. The summed E-state index contributed by atoms with van der Waals surface area (Å²) in [5, 5.41) is 3.73. The summed E-state index contributed by atoms with van der Waals surface area (Å²) in [7, 11) is 1.25. The number of ether oxygens (including phenoxy) is 4. The lowest BCUT2D eigenvalue weighted by Gasteiger charge is -2.09. The van der Waals surface area contributed by atoms with E-state index in [1.807, 2.05) is 0 Å². The largest absolute Gasteiger partial charge is 0.473 e. The maximum Gasteiger partial charge on any atom is 0.339 e. The number of rotatable bonds is 6. The van der Waals surface area contributed by atoms with Crippen LogP contribution in [0.1, 0.15) is 26.5 Å². The van der Waals surface area contributed by atoms with Gasteiger partial charge in [0.1, 0.15) is 12.3 Å². The summed E-state index contributed by atoms with van der Waals surface area (Å²) in [6.45, 7) is 2.94. The molecular formula is C22H20F2N2O7. The maximum atomic E-state index is 13.5. The van der Waals surface area contributed by atoms with Crippen molar-refractivity contribution in [2.24, 2.45) is 0 Å². The van der Waals surface area contributed by atoms with Gasteiger partial charge in [0.05, 0.1) is 44.7 Å². The lowest BCUT2D eigenvalue weighted by Crippen LogP contribution is -2.16. The fourth-order valence-corrected chi connectivity index (χ4v) is 2.71. The number of esters is 1. The number of carbonyl (C=O) groups is 2. The molecule has 0 atom stereocenters. The second-order valence-electron chi connectivity index (χ2n) is 6.51. The molecule has 0 unspecified atom stereocenters. The van der Waals surface area contributed by atoms with E-state index < -0.39 is 17.6 Å². The molecule has 0 aliphatic carbocycles. The molecule has 9 nitrogen and oxygen atoms in total. The van der Waals surface area contributed by atoms with Crippen molar-refractivity contribution >= 4 is 12.3 Å². The van der Waals surface area contributed by atoms with Crippen LogP contribution in [0.15, 0.2) is 41.1 Å². The molecule has 3 heterocycles. The monoisotopic (exact) mass is 462 g/mol. The number of aromatic nitrogens is 2. The number of aldehydes is 1. The molecular weight excluding hydrogens is 442 g/mol. The molecule has 1 aromatic carbocycles. The van der Waals surface area contributed by atoms with Crippen LogP contribution in [0.25, 0.3) is 11.3 Å². The van der Waals surface area contributed by atoms with Crippen LogP contribution in [0.2, 0.25) is 0 Å². The molecule has 0 amide bonds. The van der Waals surface area contributed by atoms with Crippen molar-refractivity contribution in [1.29, 1.82) is 0 Å². The van der Waals surface area contributed by atoms with Crippen molar-refractivity contribution in [3.05, 3.63) is 65.1 Å². The average molecular weight is 462 g/mol. The Kier molecular flexibility index (Phi) is 8.56. The minimum absolute atomic E-state index is 0.110. The highest BCUT2D eigenvalue weighted by Gasteiger charge is 2.19. The van der Waals surface area contributed by atoms with Crippen LogP contribution in [0.5, 0.6) is 5.88 Å². The summed E-state index contributed by atoms with van der Waals surface area (Å²) in [6, 6.07) is 6.08. The van der Waals surface area contributed by atoms with Gasteiger partial charge >= 0.3 is 5.97 Å². The summed E-state index contributed by atoms with van der Waals surface area (Å²) in [5.41, 5.74) is 0.848. The van der Waals surface area contributed by atoms with E-state index >= 15 is 0 Å². The highest BCUT2D eigenvalue weighted by atomic mass is 19.2. The van der Waals surface area contributed by atoms with Gasteiger partial charge in [0, 0.05) is 17.8 Å². The van der Waals surface area contributed by atoms with E-state index in [4.69, 9.17) is 18.7 Å². The molecule has 1 saturated heterocycles. The van der Waals surface area contributed by atoms with Gasteiger partial charge in [-0.1, -0.05) is 5.16 Å². The van der Waals surface area contributed by atoms with E-state index in [9.17, 15) is 18.4 Å². The maximum absolute atomic E-state index is 13.5. The van der Waals surface area contributed by atoms with Gasteiger partial charge in [0.25, 0.3) is 0 Å². The third kappa shape index (κ3) is 6.40. The molecule has 3 aromatic rings.